The largest absolute Gasteiger partial charge is 0.508 e. The molecule has 2 saturated heterocycles. The van der Waals surface area contributed by atoms with Gasteiger partial charge in [0.05, 0.1) is 30.0 Å². The topological polar surface area (TPSA) is 176 Å². The lowest BCUT2D eigenvalue weighted by Crippen LogP contribution is -2.62. The summed E-state index contributed by atoms with van der Waals surface area (Å²) in [6.45, 7) is 15.2. The van der Waals surface area contributed by atoms with Crippen molar-refractivity contribution in [2.24, 2.45) is 17.3 Å². The van der Waals surface area contributed by atoms with Crippen LogP contribution in [0, 0.1) is 17.3 Å². The van der Waals surface area contributed by atoms with Crippen molar-refractivity contribution >= 4 is 40.5 Å². The lowest BCUT2D eigenvalue weighted by Gasteiger charge is -2.37. The van der Waals surface area contributed by atoms with Gasteiger partial charge in [-0.25, -0.2) is 5.43 Å². The number of carbonyl (C=O) groups excluding carboxylic acids is 5. The molecule has 2 fully saturated rings. The molecular weight excluding hydrogens is 827 g/mol. The minimum Gasteiger partial charge on any atom is -0.508 e. The van der Waals surface area contributed by atoms with Gasteiger partial charge in [-0.3, -0.25) is 34.0 Å². The van der Waals surface area contributed by atoms with Gasteiger partial charge in [-0.15, -0.1) is 0 Å². The van der Waals surface area contributed by atoms with Crippen molar-refractivity contribution in [1.29, 1.82) is 0 Å². The Morgan fingerprint density at radius 3 is 2.52 bits per heavy atom. The van der Waals surface area contributed by atoms with Gasteiger partial charge in [-0.05, 0) is 104 Å². The number of ether oxygens (including phenoxy) is 2. The van der Waals surface area contributed by atoms with Crippen LogP contribution in [0.5, 0.6) is 5.75 Å². The fourth-order valence-electron chi connectivity index (χ4n) is 9.92. The number of likely N-dealkylation sites (N-methyl/N-ethyl adjacent to an activating group) is 1. The van der Waals surface area contributed by atoms with Crippen molar-refractivity contribution in [1.82, 2.24) is 35.1 Å². The molecule has 0 unspecified atom stereocenters. The van der Waals surface area contributed by atoms with E-state index in [1.807, 2.05) is 39.0 Å². The number of aryl methyl sites for hydroxylation is 1. The Hall–Kier alpha value is -5.80. The molecule has 0 saturated carbocycles. The lowest BCUT2D eigenvalue weighted by atomic mass is 9.84. The average Bonchev–Trinajstić information content (AvgIpc) is 3.90. The second-order valence-electron chi connectivity index (χ2n) is 19.1. The molecule has 0 radical (unpaired) electrons. The van der Waals surface area contributed by atoms with Gasteiger partial charge in [0.1, 0.15) is 23.9 Å². The van der Waals surface area contributed by atoms with Crippen molar-refractivity contribution in [2.75, 3.05) is 40.4 Å². The molecule has 3 N–H and O–H groups in total. The zero-order chi connectivity index (χ0) is 46.9. The van der Waals surface area contributed by atoms with Crippen LogP contribution in [0.15, 0.2) is 54.7 Å². The Kier molecular flexibility index (Phi) is 14.0. The number of nitrogens with zero attached hydrogens (tertiary/aromatic N) is 5. The van der Waals surface area contributed by atoms with E-state index in [1.54, 1.807) is 37.4 Å². The van der Waals surface area contributed by atoms with Crippen LogP contribution in [0.3, 0.4) is 0 Å². The first-order valence-electron chi connectivity index (χ1n) is 22.9. The highest BCUT2D eigenvalue weighted by Crippen LogP contribution is 2.42. The zero-order valence-electron chi connectivity index (χ0n) is 39.3. The maximum atomic E-state index is 14.7. The summed E-state index contributed by atoms with van der Waals surface area (Å²) in [6, 6.07) is 12.6. The van der Waals surface area contributed by atoms with E-state index in [9.17, 15) is 29.1 Å². The van der Waals surface area contributed by atoms with E-state index < -0.39 is 47.2 Å². The van der Waals surface area contributed by atoms with E-state index >= 15 is 0 Å². The van der Waals surface area contributed by atoms with Gasteiger partial charge >= 0.3 is 5.97 Å². The molecule has 348 valence electrons. The normalized spacial score (nSPS) is 21.2. The predicted molar refractivity (Wildman–Crippen MR) is 247 cm³/mol. The third-order valence-corrected chi connectivity index (χ3v) is 13.3. The van der Waals surface area contributed by atoms with E-state index in [-0.39, 0.29) is 55.7 Å². The Morgan fingerprint density at radius 2 is 1.83 bits per heavy atom. The van der Waals surface area contributed by atoms with Gasteiger partial charge in [0.25, 0.3) is 5.91 Å². The summed E-state index contributed by atoms with van der Waals surface area (Å²) >= 11 is 0. The standard InChI is InChI=1S/C50H65N7O8/c1-10-56-42-16-15-33-25-38(42)39(45(56)37-13-11-18-51-43(37)30(4)64-9)26-50(6,7)28-65-49(63)40-14-12-19-57(53-40)48(62)41(23-32-21-35(33)24-36(59)22-32)52-46(60)44(29(2)3)54(8)47(61)34-17-20-55(27-34)31(5)58/h11,13,15-16,18,21-22,24-25,29-30,34,40-41,44,53,59H,10,12,14,17,19-20,23,26-28H2,1-9H3,(H,52,60)/t30-,34-,40-,41-,44-/m0/s1. The first kappa shape index (κ1) is 47.2. The van der Waals surface area contributed by atoms with Gasteiger partial charge in [-0.2, -0.15) is 0 Å². The van der Waals surface area contributed by atoms with Crippen LogP contribution in [0.25, 0.3) is 33.3 Å². The molecule has 3 aliphatic rings. The van der Waals surface area contributed by atoms with Crippen LogP contribution < -0.4 is 10.7 Å². The Balaban J connectivity index is 1.32. The maximum absolute atomic E-state index is 14.7. The third-order valence-electron chi connectivity index (χ3n) is 13.3. The molecule has 0 spiro atoms. The molecule has 4 aromatic rings. The highest BCUT2D eigenvalue weighted by molar-refractivity contribution is 5.96. The fourth-order valence-corrected chi connectivity index (χ4v) is 9.92. The van der Waals surface area contributed by atoms with Crippen molar-refractivity contribution < 1.29 is 38.6 Å². The molecule has 3 aliphatic heterocycles. The fraction of sp³-hybridized carbons (Fsp3) is 0.520. The molecule has 2 aromatic carbocycles. The van der Waals surface area contributed by atoms with Crippen LogP contribution in [0.4, 0.5) is 0 Å². The number of cyclic esters (lactones) is 1. The van der Waals surface area contributed by atoms with Crippen LogP contribution in [-0.4, -0.2) is 118 Å². The molecule has 65 heavy (non-hydrogen) atoms. The number of phenolic OH excluding ortho intramolecular Hbond substituents is 1. The molecule has 15 nitrogen and oxygen atoms in total. The number of hydrazine groups is 1. The lowest BCUT2D eigenvalue weighted by molar-refractivity contribution is -0.155. The van der Waals surface area contributed by atoms with Crippen molar-refractivity contribution in [3.63, 3.8) is 0 Å². The molecule has 4 amide bonds. The quantitative estimate of drug-likeness (QED) is 0.174. The number of aromatic hydroxyl groups is 1. The smallest absolute Gasteiger partial charge is 0.324 e. The van der Waals surface area contributed by atoms with Crippen LogP contribution in [0.2, 0.25) is 0 Å². The number of benzene rings is 2. The molecule has 6 bridgehead atoms. The average molecular weight is 892 g/mol. The Morgan fingerprint density at radius 1 is 1.06 bits per heavy atom. The SMILES string of the molecule is CCn1c(-c2cccnc2[C@H](C)OC)c2c3cc(ccc31)-c1cc(O)cc(c1)C[C@H](NC(=O)[C@H](C(C)C)N(C)C(=O)[C@H]1CCN(C(C)=O)C1)C(=O)N1CCC[C@H](N1)C(=O)OCC(C)(C)C2. The summed E-state index contributed by atoms with van der Waals surface area (Å²) in [7, 11) is 3.26. The second-order valence-corrected chi connectivity index (χ2v) is 19.1. The summed E-state index contributed by atoms with van der Waals surface area (Å²) in [4.78, 5) is 76.8. The van der Waals surface area contributed by atoms with Crippen LogP contribution in [-0.2, 0) is 52.8 Å². The van der Waals surface area contributed by atoms with Gasteiger partial charge in [0.15, 0.2) is 0 Å². The van der Waals surface area contributed by atoms with Gasteiger partial charge in [-0.1, -0.05) is 39.8 Å². The van der Waals surface area contributed by atoms with Crippen molar-refractivity contribution in [3.8, 4) is 28.1 Å². The molecule has 5 heterocycles. The number of fused-ring (bicyclic) bond motifs is 6. The van der Waals surface area contributed by atoms with E-state index in [0.29, 0.717) is 44.3 Å². The minimum atomic E-state index is -1.15. The van der Waals surface area contributed by atoms with Crippen molar-refractivity contribution in [2.45, 2.75) is 111 Å². The highest BCUT2D eigenvalue weighted by atomic mass is 16.5. The van der Waals surface area contributed by atoms with Gasteiger partial charge < -0.3 is 34.3 Å². The number of hydrogen-bond donors (Lipinski definition) is 3. The second kappa shape index (κ2) is 19.4. The number of nitrogens with one attached hydrogen (secondary N) is 2. The third kappa shape index (κ3) is 9.91. The van der Waals surface area contributed by atoms with Gasteiger partial charge in [0.2, 0.25) is 17.7 Å². The number of methoxy groups -OCH3 is 1. The summed E-state index contributed by atoms with van der Waals surface area (Å²) in [5.41, 5.74) is 9.56. The first-order chi connectivity index (χ1) is 30.9. The number of amides is 4. The molecule has 2 aromatic heterocycles. The van der Waals surface area contributed by atoms with Gasteiger partial charge in [0, 0.05) is 81.8 Å². The Bertz CT molecular complexity index is 2460. The first-order valence-corrected chi connectivity index (χ1v) is 22.9. The molecular formula is C50H65N7O8. The monoisotopic (exact) mass is 891 g/mol. The molecule has 5 atom stereocenters. The number of carbonyl (C=O) groups is 5. The summed E-state index contributed by atoms with van der Waals surface area (Å²) < 4.78 is 14.2. The summed E-state index contributed by atoms with van der Waals surface area (Å²) in [6.07, 6.45) is 3.49. The van der Waals surface area contributed by atoms with Crippen LogP contribution in [0.1, 0.15) is 90.7 Å². The minimum absolute atomic E-state index is 0.00253. The highest BCUT2D eigenvalue weighted by Gasteiger charge is 2.40. The maximum Gasteiger partial charge on any atom is 0.324 e. The number of phenols is 1. The van der Waals surface area contributed by atoms with Crippen molar-refractivity contribution in [3.05, 3.63) is 71.5 Å². The van der Waals surface area contributed by atoms with E-state index in [2.05, 4.69) is 54.3 Å². The van der Waals surface area contributed by atoms with E-state index in [0.717, 1.165) is 44.5 Å². The number of hydrogen-bond acceptors (Lipinski definition) is 10. The molecule has 7 rings (SSSR count). The summed E-state index contributed by atoms with van der Waals surface area (Å²) in [5, 5.41) is 16.7. The van der Waals surface area contributed by atoms with Crippen LogP contribution >= 0.6 is 0 Å². The molecule has 15 heteroatoms. The Labute approximate surface area is 381 Å². The number of esters is 1. The molecule has 0 aliphatic carbocycles. The predicted octanol–water partition coefficient (Wildman–Crippen LogP) is 5.80. The number of rotatable bonds is 9. The van der Waals surface area contributed by atoms with E-state index in [4.69, 9.17) is 14.5 Å². The number of aromatic nitrogens is 2. The number of pyridine rings is 1. The zero-order valence-corrected chi connectivity index (χ0v) is 39.3. The summed E-state index contributed by atoms with van der Waals surface area (Å²) in [5.74, 6) is -2.60. The van der Waals surface area contributed by atoms with E-state index in [1.165, 1.54) is 16.8 Å². The number of likely N-dealkylation sites (tertiary alicyclic amines) is 1.